The average molecular weight is 492 g/mol. The number of hydrogen-bond donors (Lipinski definition) is 1. The topological polar surface area (TPSA) is 61.9 Å². The molecule has 35 heavy (non-hydrogen) atoms. The lowest BCUT2D eigenvalue weighted by atomic mass is 10.0. The summed E-state index contributed by atoms with van der Waals surface area (Å²) < 4.78 is 6.11. The summed E-state index contributed by atoms with van der Waals surface area (Å²) in [6.45, 7) is 8.88. The molecule has 1 N–H and O–H groups in total. The van der Waals surface area contributed by atoms with E-state index in [1.165, 1.54) is 10.4 Å². The number of thiophene rings is 1. The van der Waals surface area contributed by atoms with Crippen molar-refractivity contribution in [1.82, 2.24) is 9.80 Å². The van der Waals surface area contributed by atoms with Crippen LogP contribution in [0, 0.1) is 13.8 Å². The van der Waals surface area contributed by atoms with Crippen LogP contribution in [0.1, 0.15) is 41.5 Å². The molecule has 0 radical (unpaired) electrons. The van der Waals surface area contributed by atoms with Gasteiger partial charge in [-0.1, -0.05) is 35.4 Å². The molecule has 0 spiro atoms. The van der Waals surface area contributed by atoms with Gasteiger partial charge >= 0.3 is 6.03 Å². The zero-order chi connectivity index (χ0) is 24.9. The molecule has 7 heteroatoms. The van der Waals surface area contributed by atoms with Crippen LogP contribution in [-0.2, 0) is 11.2 Å². The number of rotatable bonds is 7. The molecule has 1 aliphatic heterocycles. The van der Waals surface area contributed by atoms with Crippen LogP contribution in [0.25, 0.3) is 0 Å². The van der Waals surface area contributed by atoms with Crippen LogP contribution >= 0.6 is 11.3 Å². The van der Waals surface area contributed by atoms with E-state index < -0.39 is 0 Å². The monoisotopic (exact) mass is 491 g/mol. The third-order valence-electron chi connectivity index (χ3n) is 6.34. The SMILES string of the molecule is Cc1ccc(NC(=O)N(CC(=O)N2CCc3sccc3[C@H]2COc2ccc(C)cc2)C(C)C)cc1. The van der Waals surface area contributed by atoms with Crippen LogP contribution < -0.4 is 10.1 Å². The number of aryl methyl sites for hydroxylation is 2. The van der Waals surface area contributed by atoms with E-state index in [-0.39, 0.29) is 30.6 Å². The molecule has 4 rings (SSSR count). The molecule has 0 saturated carbocycles. The van der Waals surface area contributed by atoms with Gasteiger partial charge in [-0.3, -0.25) is 4.79 Å². The summed E-state index contributed by atoms with van der Waals surface area (Å²) in [7, 11) is 0. The fourth-order valence-corrected chi connectivity index (χ4v) is 5.17. The summed E-state index contributed by atoms with van der Waals surface area (Å²) in [6.07, 6.45) is 0.816. The van der Waals surface area contributed by atoms with Crippen molar-refractivity contribution in [2.24, 2.45) is 0 Å². The number of fused-ring (bicyclic) bond motifs is 1. The lowest BCUT2D eigenvalue weighted by Gasteiger charge is -2.37. The molecule has 1 atom stereocenters. The van der Waals surface area contributed by atoms with Gasteiger partial charge in [-0.15, -0.1) is 11.3 Å². The third kappa shape index (κ3) is 6.03. The highest BCUT2D eigenvalue weighted by molar-refractivity contribution is 7.10. The van der Waals surface area contributed by atoms with Gasteiger partial charge in [-0.25, -0.2) is 4.79 Å². The first-order valence-corrected chi connectivity index (χ1v) is 12.9. The van der Waals surface area contributed by atoms with E-state index in [0.29, 0.717) is 18.8 Å². The summed E-state index contributed by atoms with van der Waals surface area (Å²) in [5, 5.41) is 5.00. The zero-order valence-corrected chi connectivity index (χ0v) is 21.6. The number of nitrogens with one attached hydrogen (secondary N) is 1. The van der Waals surface area contributed by atoms with Gasteiger partial charge in [0.05, 0.1) is 6.04 Å². The van der Waals surface area contributed by atoms with Crippen LogP contribution in [0.3, 0.4) is 0 Å². The number of urea groups is 1. The molecular weight excluding hydrogens is 458 g/mol. The van der Waals surface area contributed by atoms with Crippen LogP contribution in [0.5, 0.6) is 5.75 Å². The molecule has 1 aliphatic rings. The molecule has 0 fully saturated rings. The second-order valence-corrected chi connectivity index (χ2v) is 10.3. The highest BCUT2D eigenvalue weighted by Gasteiger charge is 2.34. The average Bonchev–Trinajstić information content (AvgIpc) is 3.32. The van der Waals surface area contributed by atoms with Crippen LogP contribution in [0.4, 0.5) is 10.5 Å². The second-order valence-electron chi connectivity index (χ2n) is 9.29. The van der Waals surface area contributed by atoms with Crippen molar-refractivity contribution in [3.8, 4) is 5.75 Å². The Morgan fingerprint density at radius 3 is 2.37 bits per heavy atom. The number of carbonyl (C=O) groups excluding carboxylic acids is 2. The van der Waals surface area contributed by atoms with E-state index in [2.05, 4.69) is 16.8 Å². The van der Waals surface area contributed by atoms with Crippen molar-refractivity contribution in [1.29, 1.82) is 0 Å². The number of ether oxygens (including phenoxy) is 1. The fraction of sp³-hybridized carbons (Fsp3) is 0.357. The summed E-state index contributed by atoms with van der Waals surface area (Å²) >= 11 is 1.72. The first-order valence-electron chi connectivity index (χ1n) is 12.0. The first kappa shape index (κ1) is 24.8. The lowest BCUT2D eigenvalue weighted by Crippen LogP contribution is -2.50. The Morgan fingerprint density at radius 2 is 1.71 bits per heavy atom. The molecule has 3 amide bonds. The normalized spacial score (nSPS) is 15.0. The summed E-state index contributed by atoms with van der Waals surface area (Å²) in [4.78, 5) is 31.4. The second kappa shape index (κ2) is 11.0. The van der Waals surface area contributed by atoms with Gasteiger partial charge in [0, 0.05) is 23.2 Å². The predicted molar refractivity (Wildman–Crippen MR) is 141 cm³/mol. The Kier molecular flexibility index (Phi) is 7.76. The maximum absolute atomic E-state index is 13.6. The van der Waals surface area contributed by atoms with Gasteiger partial charge in [0.1, 0.15) is 18.9 Å². The maximum Gasteiger partial charge on any atom is 0.322 e. The van der Waals surface area contributed by atoms with Crippen molar-refractivity contribution in [3.05, 3.63) is 81.5 Å². The quantitative estimate of drug-likeness (QED) is 0.454. The Bertz CT molecular complexity index is 1150. The summed E-state index contributed by atoms with van der Waals surface area (Å²) in [5.74, 6) is 0.707. The largest absolute Gasteiger partial charge is 0.491 e. The van der Waals surface area contributed by atoms with E-state index in [1.807, 2.05) is 81.1 Å². The Morgan fingerprint density at radius 1 is 1.06 bits per heavy atom. The minimum Gasteiger partial charge on any atom is -0.491 e. The highest BCUT2D eigenvalue weighted by Crippen LogP contribution is 2.34. The summed E-state index contributed by atoms with van der Waals surface area (Å²) in [5.41, 5.74) is 4.14. The molecule has 1 aromatic heterocycles. The van der Waals surface area contributed by atoms with Crippen LogP contribution in [-0.4, -0.2) is 47.5 Å². The van der Waals surface area contributed by atoms with E-state index in [9.17, 15) is 9.59 Å². The van der Waals surface area contributed by atoms with E-state index in [4.69, 9.17) is 4.74 Å². The number of amides is 3. The molecule has 2 aromatic carbocycles. The summed E-state index contributed by atoms with van der Waals surface area (Å²) in [6, 6.07) is 17.1. The molecule has 0 saturated heterocycles. The van der Waals surface area contributed by atoms with Crippen molar-refractivity contribution < 1.29 is 14.3 Å². The van der Waals surface area contributed by atoms with Gasteiger partial charge in [0.15, 0.2) is 0 Å². The smallest absolute Gasteiger partial charge is 0.322 e. The van der Waals surface area contributed by atoms with Gasteiger partial charge in [0.2, 0.25) is 5.91 Å². The van der Waals surface area contributed by atoms with Crippen molar-refractivity contribution in [2.45, 2.75) is 46.2 Å². The molecule has 6 nitrogen and oxygen atoms in total. The lowest BCUT2D eigenvalue weighted by molar-refractivity contribution is -0.135. The molecule has 3 aromatic rings. The Labute approximate surface area is 211 Å². The van der Waals surface area contributed by atoms with Crippen LogP contribution in [0.15, 0.2) is 60.0 Å². The van der Waals surface area contributed by atoms with Gasteiger partial charge in [-0.05, 0) is 75.4 Å². The Hall–Kier alpha value is -3.32. The number of anilines is 1. The molecule has 2 heterocycles. The number of hydrogen-bond acceptors (Lipinski definition) is 4. The minimum absolute atomic E-state index is 0.00979. The van der Waals surface area contributed by atoms with Gasteiger partial charge in [0.25, 0.3) is 0 Å². The van der Waals surface area contributed by atoms with Gasteiger partial charge < -0.3 is 19.9 Å². The number of nitrogens with zero attached hydrogens (tertiary/aromatic N) is 2. The van der Waals surface area contributed by atoms with Crippen LogP contribution in [0.2, 0.25) is 0 Å². The number of carbonyl (C=O) groups is 2. The highest BCUT2D eigenvalue weighted by atomic mass is 32.1. The zero-order valence-electron chi connectivity index (χ0n) is 20.8. The van der Waals surface area contributed by atoms with Crippen molar-refractivity contribution in [3.63, 3.8) is 0 Å². The first-order chi connectivity index (χ1) is 16.8. The number of benzene rings is 2. The Balaban J connectivity index is 1.48. The molecule has 0 unspecified atom stereocenters. The standard InChI is InChI=1S/C28H33N3O3S/c1-19(2)31(28(33)29-22-9-5-20(3)6-10-22)17-27(32)30-15-13-26-24(14-16-35-26)25(30)18-34-23-11-7-21(4)8-12-23/h5-12,14,16,19,25H,13,15,17-18H2,1-4H3,(H,29,33)/t25-/m1/s1. The molecule has 184 valence electrons. The van der Waals surface area contributed by atoms with Crippen molar-refractivity contribution >= 4 is 29.0 Å². The third-order valence-corrected chi connectivity index (χ3v) is 7.33. The molecular formula is C28H33N3O3S. The fourth-order valence-electron chi connectivity index (χ4n) is 4.24. The van der Waals surface area contributed by atoms with Gasteiger partial charge in [-0.2, -0.15) is 0 Å². The predicted octanol–water partition coefficient (Wildman–Crippen LogP) is 5.81. The van der Waals surface area contributed by atoms with E-state index in [1.54, 1.807) is 16.2 Å². The molecule has 0 bridgehead atoms. The minimum atomic E-state index is -0.280. The maximum atomic E-state index is 13.6. The van der Waals surface area contributed by atoms with Crippen molar-refractivity contribution in [2.75, 3.05) is 25.0 Å². The van der Waals surface area contributed by atoms with E-state index >= 15 is 0 Å². The van der Waals surface area contributed by atoms with E-state index in [0.717, 1.165) is 23.3 Å². The molecule has 0 aliphatic carbocycles.